The van der Waals surface area contributed by atoms with Gasteiger partial charge in [0.05, 0.1) is 12.7 Å². The van der Waals surface area contributed by atoms with Gasteiger partial charge in [0, 0.05) is 24.6 Å². The Bertz CT molecular complexity index is 602. The first-order valence-corrected chi connectivity index (χ1v) is 6.27. The molecule has 0 fully saturated rings. The minimum absolute atomic E-state index is 0.0238. The van der Waals surface area contributed by atoms with Crippen LogP contribution in [0.25, 0.3) is 6.08 Å². The van der Waals surface area contributed by atoms with Crippen molar-refractivity contribution in [2.75, 3.05) is 6.54 Å². The highest BCUT2D eigenvalue weighted by Gasteiger charge is 2.21. The lowest BCUT2D eigenvalue weighted by molar-refractivity contribution is -0.126. The van der Waals surface area contributed by atoms with Crippen molar-refractivity contribution in [3.8, 4) is 0 Å². The second kappa shape index (κ2) is 5.10. The van der Waals surface area contributed by atoms with Gasteiger partial charge in [-0.1, -0.05) is 35.5 Å². The number of fused-ring (bicyclic) bond motifs is 1. The van der Waals surface area contributed by atoms with Crippen LogP contribution >= 0.6 is 0 Å². The van der Waals surface area contributed by atoms with E-state index < -0.39 is 0 Å². The maximum absolute atomic E-state index is 12.1. The number of carbonyl (C=O) groups excluding carboxylic acids is 1. The van der Waals surface area contributed by atoms with E-state index in [1.54, 1.807) is 17.2 Å². The average molecular weight is 254 g/mol. The number of hydrogen-bond donors (Lipinski definition) is 0. The fraction of sp³-hybridized carbons (Fsp3) is 0.200. The van der Waals surface area contributed by atoms with E-state index in [2.05, 4.69) is 5.16 Å². The van der Waals surface area contributed by atoms with Gasteiger partial charge in [0.2, 0.25) is 5.91 Å². The van der Waals surface area contributed by atoms with Gasteiger partial charge >= 0.3 is 0 Å². The zero-order chi connectivity index (χ0) is 13.1. The van der Waals surface area contributed by atoms with E-state index in [1.165, 1.54) is 0 Å². The van der Waals surface area contributed by atoms with E-state index in [0.717, 1.165) is 23.3 Å². The van der Waals surface area contributed by atoms with Gasteiger partial charge in [-0.25, -0.2) is 0 Å². The van der Waals surface area contributed by atoms with Crippen LogP contribution < -0.4 is 0 Å². The molecule has 96 valence electrons. The molecule has 0 aliphatic carbocycles. The van der Waals surface area contributed by atoms with Gasteiger partial charge in [0.25, 0.3) is 0 Å². The summed E-state index contributed by atoms with van der Waals surface area (Å²) in [5, 5.41) is 3.76. The quantitative estimate of drug-likeness (QED) is 0.772. The largest absolute Gasteiger partial charge is 0.361 e. The lowest BCUT2D eigenvalue weighted by Crippen LogP contribution is -2.34. The Labute approximate surface area is 111 Å². The minimum Gasteiger partial charge on any atom is -0.361 e. The van der Waals surface area contributed by atoms with Gasteiger partial charge in [-0.05, 0) is 11.6 Å². The molecule has 0 saturated carbocycles. The normalized spacial score (nSPS) is 14.6. The Morgan fingerprint density at radius 1 is 1.32 bits per heavy atom. The number of nitrogens with zero attached hydrogens (tertiary/aromatic N) is 2. The Morgan fingerprint density at radius 2 is 2.16 bits per heavy atom. The molecule has 2 aromatic rings. The van der Waals surface area contributed by atoms with E-state index in [0.29, 0.717) is 13.1 Å². The van der Waals surface area contributed by atoms with Gasteiger partial charge < -0.3 is 9.42 Å². The second-order valence-electron chi connectivity index (χ2n) is 4.53. The van der Waals surface area contributed by atoms with Crippen molar-refractivity contribution in [1.29, 1.82) is 0 Å². The predicted molar refractivity (Wildman–Crippen MR) is 71.1 cm³/mol. The molecule has 19 heavy (non-hydrogen) atoms. The molecule has 1 aliphatic rings. The van der Waals surface area contributed by atoms with Crippen molar-refractivity contribution in [1.82, 2.24) is 10.1 Å². The van der Waals surface area contributed by atoms with Crippen LogP contribution in [0.1, 0.15) is 16.9 Å². The molecule has 1 aliphatic heterocycles. The molecule has 0 N–H and O–H groups in total. The molecule has 1 aromatic carbocycles. The molecule has 4 nitrogen and oxygen atoms in total. The van der Waals surface area contributed by atoms with Crippen LogP contribution in [0.4, 0.5) is 0 Å². The summed E-state index contributed by atoms with van der Waals surface area (Å²) in [6.07, 6.45) is 5.88. The molecule has 3 rings (SSSR count). The van der Waals surface area contributed by atoms with Crippen LogP contribution in [0, 0.1) is 0 Å². The van der Waals surface area contributed by atoms with Crippen molar-refractivity contribution in [3.05, 3.63) is 59.5 Å². The standard InChI is InChI=1S/C15H14N2O2/c18-15(7-6-12-4-2-1-3-5-12)17-9-8-14-13(11-17)10-16-19-14/h1-7,10H,8-9,11H2/b7-6+. The van der Waals surface area contributed by atoms with Crippen LogP contribution in [0.2, 0.25) is 0 Å². The summed E-state index contributed by atoms with van der Waals surface area (Å²) in [5.41, 5.74) is 2.03. The number of aromatic nitrogens is 1. The molecular weight excluding hydrogens is 240 g/mol. The molecule has 0 radical (unpaired) electrons. The minimum atomic E-state index is 0.0238. The summed E-state index contributed by atoms with van der Waals surface area (Å²) in [5.74, 6) is 0.923. The highest BCUT2D eigenvalue weighted by Crippen LogP contribution is 2.18. The molecule has 0 bridgehead atoms. The number of benzene rings is 1. The van der Waals surface area contributed by atoms with E-state index in [9.17, 15) is 4.79 Å². The topological polar surface area (TPSA) is 46.3 Å². The van der Waals surface area contributed by atoms with Gasteiger partial charge in [0.1, 0.15) is 5.76 Å². The molecule has 1 aromatic heterocycles. The summed E-state index contributed by atoms with van der Waals surface area (Å²) < 4.78 is 5.11. The third-order valence-corrected chi connectivity index (χ3v) is 3.23. The SMILES string of the molecule is O=C(/C=C/c1ccccc1)N1CCc2oncc2C1. The molecule has 4 heteroatoms. The monoisotopic (exact) mass is 254 g/mol. The summed E-state index contributed by atoms with van der Waals surface area (Å²) in [4.78, 5) is 13.9. The Balaban J connectivity index is 1.67. The van der Waals surface area contributed by atoms with Crippen molar-refractivity contribution in [2.24, 2.45) is 0 Å². The summed E-state index contributed by atoms with van der Waals surface area (Å²) >= 11 is 0. The van der Waals surface area contributed by atoms with E-state index in [-0.39, 0.29) is 5.91 Å². The Morgan fingerprint density at radius 3 is 3.00 bits per heavy atom. The first-order chi connectivity index (χ1) is 9.33. The van der Waals surface area contributed by atoms with Gasteiger partial charge in [0.15, 0.2) is 0 Å². The zero-order valence-electron chi connectivity index (χ0n) is 10.5. The zero-order valence-corrected chi connectivity index (χ0v) is 10.5. The molecule has 0 unspecified atom stereocenters. The van der Waals surface area contributed by atoms with Gasteiger partial charge in [-0.15, -0.1) is 0 Å². The third kappa shape index (κ3) is 2.57. The lowest BCUT2D eigenvalue weighted by atomic mass is 10.1. The first-order valence-electron chi connectivity index (χ1n) is 6.27. The number of hydrogen-bond acceptors (Lipinski definition) is 3. The fourth-order valence-corrected chi connectivity index (χ4v) is 2.17. The van der Waals surface area contributed by atoms with Crippen molar-refractivity contribution >= 4 is 12.0 Å². The summed E-state index contributed by atoms with van der Waals surface area (Å²) in [6.45, 7) is 1.26. The number of rotatable bonds is 2. The van der Waals surface area contributed by atoms with Crippen LogP contribution in [0.3, 0.4) is 0 Å². The highest BCUT2D eigenvalue weighted by molar-refractivity contribution is 5.91. The molecule has 0 spiro atoms. The maximum atomic E-state index is 12.1. The maximum Gasteiger partial charge on any atom is 0.246 e. The Kier molecular flexibility index (Phi) is 3.14. The Hall–Kier alpha value is -2.36. The van der Waals surface area contributed by atoms with Gasteiger partial charge in [-0.3, -0.25) is 4.79 Å². The highest BCUT2D eigenvalue weighted by atomic mass is 16.5. The smallest absolute Gasteiger partial charge is 0.246 e. The third-order valence-electron chi connectivity index (χ3n) is 3.23. The molecular formula is C15H14N2O2. The number of amides is 1. The lowest BCUT2D eigenvalue weighted by Gasteiger charge is -2.24. The fourth-order valence-electron chi connectivity index (χ4n) is 2.17. The molecule has 2 heterocycles. The summed E-state index contributed by atoms with van der Waals surface area (Å²) in [6, 6.07) is 9.80. The molecule has 0 atom stereocenters. The van der Waals surface area contributed by atoms with Crippen LogP contribution in [-0.4, -0.2) is 22.5 Å². The first kappa shape index (κ1) is 11.7. The van der Waals surface area contributed by atoms with E-state index in [1.807, 2.05) is 36.4 Å². The van der Waals surface area contributed by atoms with E-state index >= 15 is 0 Å². The van der Waals surface area contributed by atoms with Crippen molar-refractivity contribution in [3.63, 3.8) is 0 Å². The predicted octanol–water partition coefficient (Wildman–Crippen LogP) is 2.27. The second-order valence-corrected chi connectivity index (χ2v) is 4.53. The van der Waals surface area contributed by atoms with Gasteiger partial charge in [-0.2, -0.15) is 0 Å². The van der Waals surface area contributed by atoms with Crippen LogP contribution in [0.5, 0.6) is 0 Å². The van der Waals surface area contributed by atoms with Crippen LogP contribution in [0.15, 0.2) is 47.1 Å². The van der Waals surface area contributed by atoms with Crippen molar-refractivity contribution in [2.45, 2.75) is 13.0 Å². The summed E-state index contributed by atoms with van der Waals surface area (Å²) in [7, 11) is 0. The van der Waals surface area contributed by atoms with Crippen molar-refractivity contribution < 1.29 is 9.32 Å². The van der Waals surface area contributed by atoms with E-state index in [4.69, 9.17) is 4.52 Å². The van der Waals surface area contributed by atoms with Crippen LogP contribution in [-0.2, 0) is 17.8 Å². The molecule has 0 saturated heterocycles. The average Bonchev–Trinajstić information content (AvgIpc) is 2.93. The molecule has 1 amide bonds. The number of carbonyl (C=O) groups is 1.